The van der Waals surface area contributed by atoms with Gasteiger partial charge in [-0.1, -0.05) is 17.7 Å². The summed E-state index contributed by atoms with van der Waals surface area (Å²) in [5.74, 6) is -0.954. The summed E-state index contributed by atoms with van der Waals surface area (Å²) in [4.78, 5) is 21.9. The Bertz CT molecular complexity index is 665. The third kappa shape index (κ3) is 2.92. The largest absolute Gasteiger partial charge is 0.507 e. The number of rotatable bonds is 3. The van der Waals surface area contributed by atoms with Gasteiger partial charge < -0.3 is 10.4 Å². The van der Waals surface area contributed by atoms with Crippen molar-refractivity contribution in [3.63, 3.8) is 0 Å². The molecular weight excluding hydrogens is 260 g/mol. The van der Waals surface area contributed by atoms with Gasteiger partial charge in [-0.25, -0.2) is 0 Å². The molecule has 0 atom stereocenters. The molecule has 0 aliphatic rings. The van der Waals surface area contributed by atoms with Gasteiger partial charge in [-0.2, -0.15) is 0 Å². The number of hydrogen-bond donors (Lipinski definition) is 2. The number of amides is 1. The zero-order chi connectivity index (χ0) is 14.7. The molecule has 2 rings (SSSR count). The summed E-state index contributed by atoms with van der Waals surface area (Å²) in [6.45, 7) is 1.92. The van der Waals surface area contributed by atoms with Gasteiger partial charge in [0, 0.05) is 11.8 Å². The Morgan fingerprint density at radius 2 is 1.85 bits per heavy atom. The lowest BCUT2D eigenvalue weighted by Gasteiger charge is -2.07. The van der Waals surface area contributed by atoms with E-state index in [1.54, 1.807) is 12.1 Å². The van der Waals surface area contributed by atoms with Gasteiger partial charge in [-0.3, -0.25) is 14.9 Å². The number of phenolic OH excluding ortho intramolecular Hbond substituents is 1. The number of benzene rings is 2. The van der Waals surface area contributed by atoms with Crippen LogP contribution >= 0.6 is 0 Å². The predicted molar refractivity (Wildman–Crippen MR) is 73.9 cm³/mol. The molecule has 0 aliphatic heterocycles. The van der Waals surface area contributed by atoms with Crippen molar-refractivity contribution >= 4 is 17.3 Å². The van der Waals surface area contributed by atoms with E-state index < -0.39 is 16.6 Å². The first-order chi connectivity index (χ1) is 9.47. The number of anilines is 1. The van der Waals surface area contributed by atoms with E-state index in [2.05, 4.69) is 5.32 Å². The lowest BCUT2D eigenvalue weighted by molar-refractivity contribution is -0.384. The molecule has 0 aromatic heterocycles. The fraction of sp³-hybridized carbons (Fsp3) is 0.0714. The van der Waals surface area contributed by atoms with E-state index in [1.807, 2.05) is 19.1 Å². The molecule has 2 aromatic rings. The zero-order valence-corrected chi connectivity index (χ0v) is 10.7. The topological polar surface area (TPSA) is 92.5 Å². The molecular formula is C14H12N2O4. The van der Waals surface area contributed by atoms with E-state index in [4.69, 9.17) is 0 Å². The monoisotopic (exact) mass is 272 g/mol. The fourth-order valence-electron chi connectivity index (χ4n) is 1.66. The van der Waals surface area contributed by atoms with Crippen molar-refractivity contribution < 1.29 is 14.8 Å². The van der Waals surface area contributed by atoms with Crippen molar-refractivity contribution in [3.8, 4) is 5.75 Å². The zero-order valence-electron chi connectivity index (χ0n) is 10.7. The molecule has 0 heterocycles. The van der Waals surface area contributed by atoms with E-state index in [0.717, 1.165) is 11.6 Å². The Balaban J connectivity index is 2.21. The molecule has 0 saturated carbocycles. The number of nitrogens with zero attached hydrogens (tertiary/aromatic N) is 1. The molecule has 0 aliphatic carbocycles. The highest BCUT2D eigenvalue weighted by atomic mass is 16.6. The third-order valence-corrected chi connectivity index (χ3v) is 2.75. The molecule has 6 heteroatoms. The van der Waals surface area contributed by atoms with Crippen molar-refractivity contribution in [3.05, 3.63) is 63.7 Å². The van der Waals surface area contributed by atoms with Crippen molar-refractivity contribution in [1.82, 2.24) is 0 Å². The van der Waals surface area contributed by atoms with E-state index in [0.29, 0.717) is 5.69 Å². The SMILES string of the molecule is Cc1ccc(NC(=O)c2ccc([N+](=O)[O-])cc2O)cc1. The van der Waals surface area contributed by atoms with Crippen LogP contribution < -0.4 is 5.32 Å². The quantitative estimate of drug-likeness (QED) is 0.663. The van der Waals surface area contributed by atoms with Crippen LogP contribution in [0.4, 0.5) is 11.4 Å². The molecule has 0 spiro atoms. The van der Waals surface area contributed by atoms with E-state index in [-0.39, 0.29) is 11.3 Å². The van der Waals surface area contributed by atoms with Crippen molar-refractivity contribution in [2.24, 2.45) is 0 Å². The van der Waals surface area contributed by atoms with Crippen LogP contribution in [0.15, 0.2) is 42.5 Å². The van der Waals surface area contributed by atoms with Crippen LogP contribution in [0, 0.1) is 17.0 Å². The number of nitro groups is 1. The lowest BCUT2D eigenvalue weighted by Crippen LogP contribution is -2.12. The summed E-state index contributed by atoms with van der Waals surface area (Å²) in [7, 11) is 0. The first kappa shape index (κ1) is 13.5. The molecule has 0 saturated heterocycles. The molecule has 20 heavy (non-hydrogen) atoms. The number of phenols is 1. The summed E-state index contributed by atoms with van der Waals surface area (Å²) in [6.07, 6.45) is 0. The Kier molecular flexibility index (Phi) is 3.65. The van der Waals surface area contributed by atoms with Crippen LogP contribution in [0.2, 0.25) is 0 Å². The molecule has 1 amide bonds. The molecule has 102 valence electrons. The van der Waals surface area contributed by atoms with Gasteiger partial charge in [0.05, 0.1) is 16.6 Å². The third-order valence-electron chi connectivity index (χ3n) is 2.75. The van der Waals surface area contributed by atoms with Gasteiger partial charge >= 0.3 is 0 Å². The summed E-state index contributed by atoms with van der Waals surface area (Å²) in [5.41, 5.74) is 1.35. The van der Waals surface area contributed by atoms with Crippen molar-refractivity contribution in [2.45, 2.75) is 6.92 Å². The Morgan fingerprint density at radius 3 is 2.40 bits per heavy atom. The van der Waals surface area contributed by atoms with Gasteiger partial charge in [-0.15, -0.1) is 0 Å². The Morgan fingerprint density at radius 1 is 1.20 bits per heavy atom. The number of hydrogen-bond acceptors (Lipinski definition) is 4. The molecule has 0 fully saturated rings. The second-order valence-corrected chi connectivity index (χ2v) is 4.28. The highest BCUT2D eigenvalue weighted by Crippen LogP contribution is 2.24. The van der Waals surface area contributed by atoms with Crippen LogP contribution in [-0.4, -0.2) is 15.9 Å². The number of nitro benzene ring substituents is 1. The van der Waals surface area contributed by atoms with Gasteiger partial charge in [0.2, 0.25) is 0 Å². The first-order valence-corrected chi connectivity index (χ1v) is 5.83. The predicted octanol–water partition coefficient (Wildman–Crippen LogP) is 2.86. The number of non-ortho nitro benzene ring substituents is 1. The lowest BCUT2D eigenvalue weighted by atomic mass is 10.1. The van der Waals surface area contributed by atoms with Gasteiger partial charge in [-0.05, 0) is 25.1 Å². The average molecular weight is 272 g/mol. The van der Waals surface area contributed by atoms with Crippen LogP contribution in [-0.2, 0) is 0 Å². The standard InChI is InChI=1S/C14H12N2O4/c1-9-2-4-10(5-3-9)15-14(18)12-7-6-11(16(19)20)8-13(12)17/h2-8,17H,1H3,(H,15,18). The first-order valence-electron chi connectivity index (χ1n) is 5.83. The maximum atomic E-state index is 12.0. The van der Waals surface area contributed by atoms with Crippen molar-refractivity contribution in [2.75, 3.05) is 5.32 Å². The normalized spacial score (nSPS) is 10.1. The number of nitrogens with one attached hydrogen (secondary N) is 1. The Labute approximate surface area is 114 Å². The van der Waals surface area contributed by atoms with Gasteiger partial charge in [0.15, 0.2) is 0 Å². The minimum atomic E-state index is -0.638. The summed E-state index contributed by atoms with van der Waals surface area (Å²) < 4.78 is 0. The second-order valence-electron chi connectivity index (χ2n) is 4.28. The molecule has 0 radical (unpaired) electrons. The van der Waals surface area contributed by atoms with Crippen LogP contribution in [0.25, 0.3) is 0 Å². The van der Waals surface area contributed by atoms with E-state index in [1.165, 1.54) is 12.1 Å². The number of aromatic hydroxyl groups is 1. The van der Waals surface area contributed by atoms with Gasteiger partial charge in [0.1, 0.15) is 5.75 Å². The molecule has 2 aromatic carbocycles. The summed E-state index contributed by atoms with van der Waals surface area (Å²) >= 11 is 0. The summed E-state index contributed by atoms with van der Waals surface area (Å²) in [5, 5.41) is 22.8. The Hall–Kier alpha value is -2.89. The second kappa shape index (κ2) is 5.40. The number of carbonyl (C=O) groups excluding carboxylic acids is 1. The maximum absolute atomic E-state index is 12.0. The van der Waals surface area contributed by atoms with Crippen LogP contribution in [0.1, 0.15) is 15.9 Å². The maximum Gasteiger partial charge on any atom is 0.273 e. The number of aryl methyl sites for hydroxylation is 1. The van der Waals surface area contributed by atoms with Gasteiger partial charge in [0.25, 0.3) is 11.6 Å². The minimum Gasteiger partial charge on any atom is -0.507 e. The van der Waals surface area contributed by atoms with Crippen LogP contribution in [0.5, 0.6) is 5.75 Å². The molecule has 0 bridgehead atoms. The number of carbonyl (C=O) groups is 1. The van der Waals surface area contributed by atoms with E-state index in [9.17, 15) is 20.0 Å². The van der Waals surface area contributed by atoms with Crippen molar-refractivity contribution in [1.29, 1.82) is 0 Å². The highest BCUT2D eigenvalue weighted by molar-refractivity contribution is 6.06. The minimum absolute atomic E-state index is 0.0174. The molecule has 0 unspecified atom stereocenters. The smallest absolute Gasteiger partial charge is 0.273 e. The average Bonchev–Trinajstić information content (AvgIpc) is 2.41. The molecule has 2 N–H and O–H groups in total. The van der Waals surface area contributed by atoms with E-state index >= 15 is 0 Å². The fourth-order valence-corrected chi connectivity index (χ4v) is 1.66. The highest BCUT2D eigenvalue weighted by Gasteiger charge is 2.15. The van der Waals surface area contributed by atoms with Crippen LogP contribution in [0.3, 0.4) is 0 Å². The molecule has 6 nitrogen and oxygen atoms in total. The summed E-state index contributed by atoms with van der Waals surface area (Å²) in [6, 6.07) is 10.5.